The predicted molar refractivity (Wildman–Crippen MR) is 79.6 cm³/mol. The molecule has 0 aliphatic heterocycles. The van der Waals surface area contributed by atoms with Crippen LogP contribution in [-0.2, 0) is 19.1 Å². The molecule has 0 amide bonds. The number of hydrogen-bond acceptors (Lipinski definition) is 4. The number of hydrogen-bond donors (Lipinski definition) is 2. The van der Waals surface area contributed by atoms with E-state index in [4.69, 9.17) is 0 Å². The second-order valence-corrected chi connectivity index (χ2v) is 5.80. The molecule has 2 N–H and O–H groups in total. The summed E-state index contributed by atoms with van der Waals surface area (Å²) in [6.45, 7) is 2.67. The van der Waals surface area contributed by atoms with Crippen LogP contribution in [0.25, 0.3) is 0 Å². The molecule has 120 valence electrons. The lowest BCUT2D eigenvalue weighted by Crippen LogP contribution is -2.21. The molecule has 0 saturated carbocycles. The standard InChI is InChI=1S/C15H17F3N2OS/c1-2-14-20-12(9-22-14)7-19-8-13(21)10-4-3-5-11(6-10)15(16,17)18/h3-6,9,13,19,21H,2,7-8H2,1H3. The Bertz CT molecular complexity index is 613. The molecule has 1 aromatic carbocycles. The van der Waals surface area contributed by atoms with Crippen molar-refractivity contribution in [3.8, 4) is 0 Å². The second-order valence-electron chi connectivity index (χ2n) is 4.86. The third-order valence-corrected chi connectivity index (χ3v) is 4.19. The Balaban J connectivity index is 1.90. The fraction of sp³-hybridized carbons (Fsp3) is 0.400. The van der Waals surface area contributed by atoms with Crippen LogP contribution in [0.4, 0.5) is 13.2 Å². The smallest absolute Gasteiger partial charge is 0.387 e. The first-order valence-electron chi connectivity index (χ1n) is 6.89. The minimum atomic E-state index is -4.40. The number of rotatable bonds is 6. The van der Waals surface area contributed by atoms with E-state index in [0.29, 0.717) is 6.54 Å². The summed E-state index contributed by atoms with van der Waals surface area (Å²) >= 11 is 1.57. The van der Waals surface area contributed by atoms with Gasteiger partial charge in [-0.2, -0.15) is 13.2 Å². The summed E-state index contributed by atoms with van der Waals surface area (Å²) < 4.78 is 37.9. The quantitative estimate of drug-likeness (QED) is 0.851. The van der Waals surface area contributed by atoms with Gasteiger partial charge in [-0.25, -0.2) is 4.98 Å². The minimum Gasteiger partial charge on any atom is -0.387 e. The van der Waals surface area contributed by atoms with Gasteiger partial charge in [-0.15, -0.1) is 11.3 Å². The van der Waals surface area contributed by atoms with Crippen molar-refractivity contribution < 1.29 is 18.3 Å². The van der Waals surface area contributed by atoms with Crippen LogP contribution in [0, 0.1) is 0 Å². The van der Waals surface area contributed by atoms with Gasteiger partial charge in [0.25, 0.3) is 0 Å². The van der Waals surface area contributed by atoms with E-state index in [2.05, 4.69) is 10.3 Å². The van der Waals surface area contributed by atoms with Crippen LogP contribution in [-0.4, -0.2) is 16.6 Å². The molecule has 1 aromatic heterocycles. The Hall–Kier alpha value is -1.44. The number of nitrogens with one attached hydrogen (secondary N) is 1. The molecule has 0 aliphatic carbocycles. The van der Waals surface area contributed by atoms with Crippen LogP contribution >= 0.6 is 11.3 Å². The van der Waals surface area contributed by atoms with Crippen molar-refractivity contribution in [3.63, 3.8) is 0 Å². The fourth-order valence-electron chi connectivity index (χ4n) is 1.97. The Morgan fingerprint density at radius 3 is 2.77 bits per heavy atom. The summed E-state index contributed by atoms with van der Waals surface area (Å²) in [5, 5.41) is 16.0. The Kier molecular flexibility index (Phi) is 5.55. The first-order chi connectivity index (χ1) is 10.4. The highest BCUT2D eigenvalue weighted by Crippen LogP contribution is 2.30. The van der Waals surface area contributed by atoms with Crippen molar-refractivity contribution >= 4 is 11.3 Å². The molecule has 3 nitrogen and oxygen atoms in total. The maximum absolute atomic E-state index is 12.6. The van der Waals surface area contributed by atoms with E-state index < -0.39 is 17.8 Å². The summed E-state index contributed by atoms with van der Waals surface area (Å²) in [6, 6.07) is 4.75. The van der Waals surface area contributed by atoms with E-state index in [1.807, 2.05) is 12.3 Å². The van der Waals surface area contributed by atoms with Crippen molar-refractivity contribution in [2.45, 2.75) is 32.2 Å². The second kappa shape index (κ2) is 7.21. The normalized spacial score (nSPS) is 13.3. The predicted octanol–water partition coefficient (Wildman–Crippen LogP) is 3.55. The van der Waals surface area contributed by atoms with E-state index in [-0.39, 0.29) is 12.1 Å². The summed E-state index contributed by atoms with van der Waals surface area (Å²) in [7, 11) is 0. The molecular weight excluding hydrogens is 313 g/mol. The SMILES string of the molecule is CCc1nc(CNCC(O)c2cccc(C(F)(F)F)c2)cs1. The molecule has 1 heterocycles. The van der Waals surface area contributed by atoms with E-state index in [1.54, 1.807) is 11.3 Å². The molecule has 1 unspecified atom stereocenters. The van der Waals surface area contributed by atoms with Gasteiger partial charge >= 0.3 is 6.18 Å². The Morgan fingerprint density at radius 2 is 2.14 bits per heavy atom. The van der Waals surface area contributed by atoms with Crippen LogP contribution in [0.15, 0.2) is 29.6 Å². The van der Waals surface area contributed by atoms with E-state index in [9.17, 15) is 18.3 Å². The zero-order valence-corrected chi connectivity index (χ0v) is 12.8. The van der Waals surface area contributed by atoms with Crippen LogP contribution in [0.2, 0.25) is 0 Å². The Morgan fingerprint density at radius 1 is 1.36 bits per heavy atom. The zero-order valence-electron chi connectivity index (χ0n) is 12.0. The molecule has 2 aromatic rings. The summed E-state index contributed by atoms with van der Waals surface area (Å²) in [6.07, 6.45) is -4.52. The minimum absolute atomic E-state index is 0.167. The highest BCUT2D eigenvalue weighted by atomic mass is 32.1. The molecule has 22 heavy (non-hydrogen) atoms. The summed E-state index contributed by atoms with van der Waals surface area (Å²) in [5.74, 6) is 0. The monoisotopic (exact) mass is 330 g/mol. The third-order valence-electron chi connectivity index (χ3n) is 3.14. The lowest BCUT2D eigenvalue weighted by Gasteiger charge is -2.14. The largest absolute Gasteiger partial charge is 0.416 e. The lowest BCUT2D eigenvalue weighted by atomic mass is 10.1. The molecule has 1 atom stereocenters. The topological polar surface area (TPSA) is 45.2 Å². The van der Waals surface area contributed by atoms with Crippen molar-refractivity contribution in [1.82, 2.24) is 10.3 Å². The van der Waals surface area contributed by atoms with Gasteiger partial charge in [0.15, 0.2) is 0 Å². The molecule has 0 radical (unpaired) electrons. The van der Waals surface area contributed by atoms with Crippen LogP contribution in [0.3, 0.4) is 0 Å². The molecule has 0 bridgehead atoms. The first-order valence-corrected chi connectivity index (χ1v) is 7.77. The average molecular weight is 330 g/mol. The maximum Gasteiger partial charge on any atom is 0.416 e. The number of aliphatic hydroxyl groups is 1. The van der Waals surface area contributed by atoms with Gasteiger partial charge in [0.2, 0.25) is 0 Å². The van der Waals surface area contributed by atoms with E-state index in [1.165, 1.54) is 12.1 Å². The molecule has 2 rings (SSSR count). The van der Waals surface area contributed by atoms with Gasteiger partial charge < -0.3 is 10.4 Å². The molecule has 0 spiro atoms. The zero-order chi connectivity index (χ0) is 16.2. The summed E-state index contributed by atoms with van der Waals surface area (Å²) in [5.41, 5.74) is 0.365. The van der Waals surface area contributed by atoms with Gasteiger partial charge in [0, 0.05) is 18.5 Å². The number of nitrogens with zero attached hydrogens (tertiary/aromatic N) is 1. The van der Waals surface area contributed by atoms with Gasteiger partial charge in [-0.3, -0.25) is 0 Å². The molecule has 0 fully saturated rings. The lowest BCUT2D eigenvalue weighted by molar-refractivity contribution is -0.137. The van der Waals surface area contributed by atoms with E-state index in [0.717, 1.165) is 29.3 Å². The number of halogens is 3. The molecule has 0 aliphatic rings. The maximum atomic E-state index is 12.6. The highest BCUT2D eigenvalue weighted by Gasteiger charge is 2.30. The fourth-order valence-corrected chi connectivity index (χ4v) is 2.71. The Labute approximate surface area is 130 Å². The van der Waals surface area contributed by atoms with Gasteiger partial charge in [0.05, 0.1) is 22.4 Å². The molecule has 7 heteroatoms. The van der Waals surface area contributed by atoms with Crippen LogP contribution in [0.5, 0.6) is 0 Å². The highest BCUT2D eigenvalue weighted by molar-refractivity contribution is 7.09. The molecule has 0 saturated heterocycles. The number of aromatic nitrogens is 1. The van der Waals surface area contributed by atoms with Crippen molar-refractivity contribution in [1.29, 1.82) is 0 Å². The third kappa shape index (κ3) is 4.53. The number of benzene rings is 1. The summed E-state index contributed by atoms with van der Waals surface area (Å²) in [4.78, 5) is 4.37. The van der Waals surface area contributed by atoms with Crippen LogP contribution < -0.4 is 5.32 Å². The van der Waals surface area contributed by atoms with Crippen LogP contribution in [0.1, 0.15) is 34.9 Å². The first kappa shape index (κ1) is 16.9. The van der Waals surface area contributed by atoms with Gasteiger partial charge in [0.1, 0.15) is 0 Å². The number of thiazole rings is 1. The van der Waals surface area contributed by atoms with E-state index >= 15 is 0 Å². The van der Waals surface area contributed by atoms with Crippen molar-refractivity contribution in [2.24, 2.45) is 0 Å². The molecular formula is C15H17F3N2OS. The average Bonchev–Trinajstić information content (AvgIpc) is 2.94. The number of aliphatic hydroxyl groups excluding tert-OH is 1. The number of aryl methyl sites for hydroxylation is 1. The van der Waals surface area contributed by atoms with Gasteiger partial charge in [-0.1, -0.05) is 19.1 Å². The van der Waals surface area contributed by atoms with Gasteiger partial charge in [-0.05, 0) is 24.1 Å². The number of alkyl halides is 3. The van der Waals surface area contributed by atoms with Crippen molar-refractivity contribution in [2.75, 3.05) is 6.54 Å². The van der Waals surface area contributed by atoms with Crippen molar-refractivity contribution in [3.05, 3.63) is 51.5 Å².